The van der Waals surface area contributed by atoms with Crippen molar-refractivity contribution < 1.29 is 0 Å². The van der Waals surface area contributed by atoms with Gasteiger partial charge >= 0.3 is 0 Å². The highest BCUT2D eigenvalue weighted by molar-refractivity contribution is 7.20. The minimum Gasteiger partial charge on any atom is -0.309 e. The molecule has 296 valence electrons. The molecule has 9 aromatic carbocycles. The van der Waals surface area contributed by atoms with Crippen molar-refractivity contribution in [2.24, 2.45) is 0 Å². The van der Waals surface area contributed by atoms with Crippen molar-refractivity contribution in [2.45, 2.75) is 26.2 Å². The topological polar surface area (TPSA) is 4.93 Å². The summed E-state index contributed by atoms with van der Waals surface area (Å²) in [4.78, 5) is 0. The zero-order chi connectivity index (χ0) is 41.4. The van der Waals surface area contributed by atoms with E-state index in [2.05, 4.69) is 268 Å². The van der Waals surface area contributed by atoms with Crippen LogP contribution in [0.2, 0.25) is 0 Å². The molecule has 0 saturated carbocycles. The van der Waals surface area contributed by atoms with Gasteiger partial charge in [-0.25, -0.2) is 0 Å². The Morgan fingerprint density at radius 2 is 0.574 bits per heavy atom. The van der Waals surface area contributed by atoms with Gasteiger partial charge in [-0.05, 0) is 51.4 Å². The van der Waals surface area contributed by atoms with Crippen LogP contribution in [0.1, 0.15) is 26.3 Å². The normalized spacial score (nSPS) is 12.2. The van der Waals surface area contributed by atoms with Crippen LogP contribution in [0.15, 0.2) is 243 Å². The molecule has 1 nitrogen and oxygen atoms in total. The summed E-state index contributed by atoms with van der Waals surface area (Å²) in [6.07, 6.45) is 0. The molecule has 0 N–H and O–H groups in total. The summed E-state index contributed by atoms with van der Waals surface area (Å²) in [6, 6.07) is 91.7. The Balaban J connectivity index is 1.33. The molecule has 10 rings (SSSR count). The summed E-state index contributed by atoms with van der Waals surface area (Å²) < 4.78 is 2.50. The first-order valence-electron chi connectivity index (χ1n) is 21.4. The summed E-state index contributed by atoms with van der Waals surface area (Å²) in [6.45, 7) is 6.86. The first-order chi connectivity index (χ1) is 29.9. The van der Waals surface area contributed by atoms with Gasteiger partial charge in [0.15, 0.2) is 0 Å². The lowest BCUT2D eigenvalue weighted by Gasteiger charge is -2.47. The molecule has 10 aromatic rings. The van der Waals surface area contributed by atoms with Crippen molar-refractivity contribution in [3.05, 3.63) is 248 Å². The van der Waals surface area contributed by atoms with Crippen LogP contribution in [0.4, 0.5) is 0 Å². The van der Waals surface area contributed by atoms with Crippen LogP contribution >= 0.6 is 0 Å². The van der Waals surface area contributed by atoms with Crippen LogP contribution in [0, 0.1) is 0 Å². The summed E-state index contributed by atoms with van der Waals surface area (Å²) in [5, 5.41) is 13.5. The highest BCUT2D eigenvalue weighted by atomic mass is 28.3. The maximum atomic E-state index is 2.57. The van der Waals surface area contributed by atoms with Gasteiger partial charge in [0, 0.05) is 16.5 Å². The first-order valence-corrected chi connectivity index (χ1v) is 25.4. The Morgan fingerprint density at radius 3 is 0.836 bits per heavy atom. The number of nitrogens with zero attached hydrogens (tertiary/aromatic N) is 1. The molecule has 1 aromatic heterocycles. The molecule has 0 aliphatic rings. The van der Waals surface area contributed by atoms with E-state index in [0.717, 1.165) is 0 Å². The van der Waals surface area contributed by atoms with Crippen LogP contribution in [-0.2, 0) is 5.41 Å². The molecule has 0 aliphatic heterocycles. The van der Waals surface area contributed by atoms with Gasteiger partial charge in [-0.2, -0.15) is 41.5 Å². The van der Waals surface area contributed by atoms with Crippen LogP contribution in [-0.4, -0.2) is 20.7 Å². The average molecular weight is 816 g/mol. The van der Waals surface area contributed by atoms with Crippen LogP contribution in [0.25, 0.3) is 27.5 Å². The summed E-state index contributed by atoms with van der Waals surface area (Å²) in [7, 11) is -5.62. The van der Waals surface area contributed by atoms with Gasteiger partial charge in [0.05, 0.1) is 11.0 Å². The Bertz CT molecular complexity index is 2690. The molecular formula is C58H49NSi2-2. The molecule has 0 spiro atoms. The van der Waals surface area contributed by atoms with Crippen molar-refractivity contribution in [3.8, 4) is 5.69 Å². The second kappa shape index (κ2) is 15.7. The minimum absolute atomic E-state index is 0.0592. The molecule has 61 heavy (non-hydrogen) atoms. The van der Waals surface area contributed by atoms with Crippen molar-refractivity contribution in [2.75, 3.05) is 0 Å². The zero-order valence-corrected chi connectivity index (χ0v) is 37.0. The van der Waals surface area contributed by atoms with Gasteiger partial charge in [-0.1, -0.05) is 239 Å². The highest BCUT2D eigenvalue weighted by Gasteiger charge is 2.31. The van der Waals surface area contributed by atoms with Gasteiger partial charge < -0.3 is 4.57 Å². The average Bonchev–Trinajstić information content (AvgIpc) is 3.65. The Morgan fingerprint density at radius 1 is 0.295 bits per heavy atom. The van der Waals surface area contributed by atoms with Gasteiger partial charge in [0.1, 0.15) is 0 Å². The van der Waals surface area contributed by atoms with E-state index in [1.807, 2.05) is 0 Å². The number of fused-ring (bicyclic) bond motifs is 3. The molecule has 0 fully saturated rings. The second-order valence-electron chi connectivity index (χ2n) is 17.3. The number of hydrogen-bond donors (Lipinski definition) is 0. The fourth-order valence-corrected chi connectivity index (χ4v) is 19.6. The standard InChI is InChI=1S/C58H49NSi2/c1-58(2,3)44-34-36-45(37-35-44)59-56-40-38-52(60(46-22-10-4-11-23-46,47-24-12-5-13-25-47)48-26-14-6-15-27-48)42-54(56)55-43-53(39-41-57(55)59)61(49-28-16-7-17-29-49,50-30-18-8-19-31-50)51-32-20-9-21-33-51/h4-43H,1-3H3/q-2. The summed E-state index contributed by atoms with van der Waals surface area (Å²) in [5.74, 6) is 0. The molecule has 0 aliphatic carbocycles. The van der Waals surface area contributed by atoms with E-state index in [9.17, 15) is 0 Å². The number of benzene rings is 9. The van der Waals surface area contributed by atoms with E-state index in [0.29, 0.717) is 0 Å². The van der Waals surface area contributed by atoms with Crippen molar-refractivity contribution in [1.82, 2.24) is 4.57 Å². The Hall–Kier alpha value is -6.79. The lowest BCUT2D eigenvalue weighted by Crippen LogP contribution is -2.74. The smallest absolute Gasteiger partial charge is 0.0538 e. The number of rotatable bonds is 9. The second-order valence-corrected chi connectivity index (χ2v) is 24.9. The van der Waals surface area contributed by atoms with E-state index in [-0.39, 0.29) is 5.41 Å². The van der Waals surface area contributed by atoms with Gasteiger partial charge in [0.25, 0.3) is 0 Å². The first kappa shape index (κ1) is 38.4. The van der Waals surface area contributed by atoms with Gasteiger partial charge in [-0.15, -0.1) is 0 Å². The largest absolute Gasteiger partial charge is 0.309 e. The summed E-state index contributed by atoms with van der Waals surface area (Å²) in [5.41, 5.74) is 4.98. The molecule has 0 radical (unpaired) electrons. The van der Waals surface area contributed by atoms with Gasteiger partial charge in [-0.3, -0.25) is 0 Å². The van der Waals surface area contributed by atoms with Gasteiger partial charge in [0.2, 0.25) is 0 Å². The molecule has 0 saturated heterocycles. The van der Waals surface area contributed by atoms with Crippen LogP contribution in [0.3, 0.4) is 0 Å². The SMILES string of the molecule is CC(C)(C)c1ccc(-n2c3ccc([Si-](c4ccccc4)(c4ccccc4)c4ccccc4)cc3c3cc([Si-](c4ccccc4)(c4ccccc4)c4ccccc4)ccc32)cc1. The highest BCUT2D eigenvalue weighted by Crippen LogP contribution is 2.33. The lowest BCUT2D eigenvalue weighted by molar-refractivity contribution is 0.590. The molecular weight excluding hydrogens is 767 g/mol. The van der Waals surface area contributed by atoms with E-state index in [1.165, 1.54) is 74.6 Å². The molecule has 1 heterocycles. The monoisotopic (exact) mass is 815 g/mol. The van der Waals surface area contributed by atoms with Crippen molar-refractivity contribution in [3.63, 3.8) is 0 Å². The van der Waals surface area contributed by atoms with E-state index in [4.69, 9.17) is 0 Å². The number of hydrogen-bond acceptors (Lipinski definition) is 0. The third kappa shape index (κ3) is 6.44. The van der Waals surface area contributed by atoms with Crippen LogP contribution < -0.4 is 41.5 Å². The minimum atomic E-state index is -2.81. The zero-order valence-electron chi connectivity index (χ0n) is 35.0. The Labute approximate surface area is 362 Å². The molecule has 0 amide bonds. The fourth-order valence-electron chi connectivity index (χ4n) is 10.0. The van der Waals surface area contributed by atoms with E-state index >= 15 is 0 Å². The maximum Gasteiger partial charge on any atom is 0.0538 e. The third-order valence-corrected chi connectivity index (χ3v) is 22.4. The van der Waals surface area contributed by atoms with E-state index in [1.54, 1.807) is 0 Å². The molecule has 0 unspecified atom stereocenters. The summed E-state index contributed by atoms with van der Waals surface area (Å²) >= 11 is 0. The number of aromatic nitrogens is 1. The van der Waals surface area contributed by atoms with Crippen molar-refractivity contribution in [1.29, 1.82) is 0 Å². The quantitative estimate of drug-likeness (QED) is 0.102. The Kier molecular flexibility index (Phi) is 9.87. The van der Waals surface area contributed by atoms with Crippen LogP contribution in [0.5, 0.6) is 0 Å². The van der Waals surface area contributed by atoms with E-state index < -0.39 is 16.1 Å². The molecule has 0 atom stereocenters. The predicted molar refractivity (Wildman–Crippen MR) is 267 cm³/mol. The van der Waals surface area contributed by atoms with Crippen molar-refractivity contribution >= 4 is 79.4 Å². The fraction of sp³-hybridized carbons (Fsp3) is 0.0690. The molecule has 0 bridgehead atoms. The maximum absolute atomic E-state index is 2.81. The predicted octanol–water partition coefficient (Wildman–Crippen LogP) is 8.84. The third-order valence-electron chi connectivity index (χ3n) is 12.9. The lowest BCUT2D eigenvalue weighted by atomic mass is 9.87. The molecule has 3 heteroatoms.